The molecule has 0 bridgehead atoms. The van der Waals surface area contributed by atoms with E-state index in [2.05, 4.69) is 49.9 Å². The quantitative estimate of drug-likeness (QED) is 0.898. The first kappa shape index (κ1) is 15.5. The van der Waals surface area contributed by atoms with E-state index in [4.69, 9.17) is 5.73 Å². The predicted octanol–water partition coefficient (Wildman–Crippen LogP) is 4.04. The number of hydrogen-bond acceptors (Lipinski definition) is 2. The molecule has 2 heteroatoms. The lowest BCUT2D eigenvalue weighted by molar-refractivity contribution is 0.124. The van der Waals surface area contributed by atoms with E-state index in [0.717, 1.165) is 6.42 Å². The minimum absolute atomic E-state index is 0.219. The maximum Gasteiger partial charge on any atom is 0.0504 e. The van der Waals surface area contributed by atoms with Gasteiger partial charge in [-0.25, -0.2) is 0 Å². The number of nitrogens with zero attached hydrogens (tertiary/aromatic N) is 1. The van der Waals surface area contributed by atoms with Gasteiger partial charge < -0.3 is 5.73 Å². The number of rotatable bonds is 4. The van der Waals surface area contributed by atoms with Crippen LogP contribution >= 0.6 is 0 Å². The minimum Gasteiger partial charge on any atom is -0.326 e. The first-order valence-electron chi connectivity index (χ1n) is 8.22. The number of benzene rings is 1. The molecule has 1 aliphatic rings. The van der Waals surface area contributed by atoms with Gasteiger partial charge in [0.1, 0.15) is 0 Å². The van der Waals surface area contributed by atoms with Gasteiger partial charge >= 0.3 is 0 Å². The zero-order valence-electron chi connectivity index (χ0n) is 13.3. The number of likely N-dealkylation sites (tertiary alicyclic amines) is 1. The Morgan fingerprint density at radius 2 is 2.00 bits per heavy atom. The van der Waals surface area contributed by atoms with Crippen LogP contribution < -0.4 is 5.73 Å². The van der Waals surface area contributed by atoms with Gasteiger partial charge in [-0.05, 0) is 50.8 Å². The molecule has 1 aliphatic heterocycles. The van der Waals surface area contributed by atoms with Crippen molar-refractivity contribution < 1.29 is 0 Å². The minimum atomic E-state index is 0.219. The Hall–Kier alpha value is -0.860. The highest BCUT2D eigenvalue weighted by molar-refractivity contribution is 5.30. The summed E-state index contributed by atoms with van der Waals surface area (Å²) in [5.41, 5.74) is 9.32. The smallest absolute Gasteiger partial charge is 0.0504 e. The molecule has 112 valence electrons. The molecule has 3 atom stereocenters. The third-order valence-corrected chi connectivity index (χ3v) is 4.85. The second-order valence-corrected chi connectivity index (χ2v) is 6.31. The summed E-state index contributed by atoms with van der Waals surface area (Å²) in [4.78, 5) is 2.67. The molecule has 0 aromatic heterocycles. The van der Waals surface area contributed by atoms with E-state index in [0.29, 0.717) is 12.1 Å². The van der Waals surface area contributed by atoms with Crippen LogP contribution in [-0.4, -0.2) is 23.5 Å². The second kappa shape index (κ2) is 7.24. The van der Waals surface area contributed by atoms with Gasteiger partial charge in [0.05, 0.1) is 6.04 Å². The molecule has 2 nitrogen and oxygen atoms in total. The van der Waals surface area contributed by atoms with Crippen molar-refractivity contribution in [2.75, 3.05) is 6.54 Å². The molecular weight excluding hydrogens is 244 g/mol. The maximum absolute atomic E-state index is 6.52. The Balaban J connectivity index is 2.34. The normalized spacial score (nSPS) is 24.1. The second-order valence-electron chi connectivity index (χ2n) is 6.31. The van der Waals surface area contributed by atoms with Crippen LogP contribution in [0.15, 0.2) is 24.3 Å². The zero-order chi connectivity index (χ0) is 14.5. The molecule has 1 aromatic rings. The average molecular weight is 274 g/mol. The molecule has 2 N–H and O–H groups in total. The van der Waals surface area contributed by atoms with Crippen LogP contribution in [0, 0.1) is 6.92 Å². The SMILES string of the molecule is CCC(N)C(c1ccccc1C)N1CCCCCC1C. The van der Waals surface area contributed by atoms with E-state index >= 15 is 0 Å². The van der Waals surface area contributed by atoms with Crippen molar-refractivity contribution in [1.29, 1.82) is 0 Å². The van der Waals surface area contributed by atoms with Crippen LogP contribution in [0.25, 0.3) is 0 Å². The molecule has 1 heterocycles. The van der Waals surface area contributed by atoms with Gasteiger partial charge in [0.15, 0.2) is 0 Å². The highest BCUT2D eigenvalue weighted by Gasteiger charge is 2.30. The summed E-state index contributed by atoms with van der Waals surface area (Å²) >= 11 is 0. The standard InChI is InChI=1S/C18H30N2/c1-4-17(19)18(16-12-8-7-10-14(16)2)20-13-9-5-6-11-15(20)3/h7-8,10,12,15,17-18H,4-6,9,11,13,19H2,1-3H3. The van der Waals surface area contributed by atoms with Crippen LogP contribution in [0.3, 0.4) is 0 Å². The van der Waals surface area contributed by atoms with Crippen LogP contribution in [0.4, 0.5) is 0 Å². The van der Waals surface area contributed by atoms with Crippen molar-refractivity contribution in [1.82, 2.24) is 4.90 Å². The maximum atomic E-state index is 6.52. The third-order valence-electron chi connectivity index (χ3n) is 4.85. The highest BCUT2D eigenvalue weighted by atomic mass is 15.2. The fourth-order valence-electron chi connectivity index (χ4n) is 3.51. The molecule has 3 unspecified atom stereocenters. The van der Waals surface area contributed by atoms with Gasteiger partial charge in [0.25, 0.3) is 0 Å². The van der Waals surface area contributed by atoms with Crippen LogP contribution in [-0.2, 0) is 0 Å². The van der Waals surface area contributed by atoms with Gasteiger partial charge in [-0.3, -0.25) is 4.90 Å². The van der Waals surface area contributed by atoms with Gasteiger partial charge in [-0.2, -0.15) is 0 Å². The molecule has 0 saturated carbocycles. The predicted molar refractivity (Wildman–Crippen MR) is 86.8 cm³/mol. The Morgan fingerprint density at radius 1 is 1.25 bits per heavy atom. The van der Waals surface area contributed by atoms with Crippen LogP contribution in [0.5, 0.6) is 0 Å². The van der Waals surface area contributed by atoms with Crippen molar-refractivity contribution in [2.45, 2.75) is 71.0 Å². The van der Waals surface area contributed by atoms with Crippen molar-refractivity contribution in [3.8, 4) is 0 Å². The zero-order valence-corrected chi connectivity index (χ0v) is 13.3. The topological polar surface area (TPSA) is 29.3 Å². The van der Waals surface area contributed by atoms with Gasteiger partial charge in [-0.15, -0.1) is 0 Å². The summed E-state index contributed by atoms with van der Waals surface area (Å²) in [6.45, 7) is 7.98. The molecule has 0 aliphatic carbocycles. The van der Waals surface area contributed by atoms with Crippen molar-refractivity contribution in [2.24, 2.45) is 5.73 Å². The molecule has 1 fully saturated rings. The van der Waals surface area contributed by atoms with Crippen molar-refractivity contribution >= 4 is 0 Å². The fraction of sp³-hybridized carbons (Fsp3) is 0.667. The Bertz CT molecular complexity index is 416. The summed E-state index contributed by atoms with van der Waals surface area (Å²) in [6.07, 6.45) is 6.37. The number of aryl methyl sites for hydroxylation is 1. The highest BCUT2D eigenvalue weighted by Crippen LogP contribution is 2.32. The van der Waals surface area contributed by atoms with Crippen LogP contribution in [0.2, 0.25) is 0 Å². The lowest BCUT2D eigenvalue weighted by Crippen LogP contribution is -2.45. The molecule has 0 amide bonds. The first-order chi connectivity index (χ1) is 9.65. The Kier molecular flexibility index (Phi) is 5.62. The van der Waals surface area contributed by atoms with Gasteiger partial charge in [0.2, 0.25) is 0 Å². The summed E-state index contributed by atoms with van der Waals surface area (Å²) in [6, 6.07) is 9.99. The summed E-state index contributed by atoms with van der Waals surface area (Å²) in [5, 5.41) is 0. The Morgan fingerprint density at radius 3 is 2.70 bits per heavy atom. The van der Waals surface area contributed by atoms with Crippen molar-refractivity contribution in [3.63, 3.8) is 0 Å². The van der Waals surface area contributed by atoms with E-state index in [1.165, 1.54) is 43.4 Å². The fourth-order valence-corrected chi connectivity index (χ4v) is 3.51. The van der Waals surface area contributed by atoms with Gasteiger partial charge in [-0.1, -0.05) is 44.0 Å². The van der Waals surface area contributed by atoms with Crippen LogP contribution in [0.1, 0.15) is 63.1 Å². The van der Waals surface area contributed by atoms with E-state index in [1.54, 1.807) is 0 Å². The molecule has 1 aromatic carbocycles. The summed E-state index contributed by atoms with van der Waals surface area (Å²) < 4.78 is 0. The number of hydrogen-bond donors (Lipinski definition) is 1. The monoisotopic (exact) mass is 274 g/mol. The largest absolute Gasteiger partial charge is 0.326 e. The van der Waals surface area contributed by atoms with E-state index < -0.39 is 0 Å². The molecular formula is C18H30N2. The average Bonchev–Trinajstić information content (AvgIpc) is 2.66. The third kappa shape index (κ3) is 3.42. The summed E-state index contributed by atoms with van der Waals surface area (Å²) in [5.74, 6) is 0. The first-order valence-corrected chi connectivity index (χ1v) is 8.22. The molecule has 1 saturated heterocycles. The van der Waals surface area contributed by atoms with Gasteiger partial charge in [0, 0.05) is 12.1 Å². The molecule has 2 rings (SSSR count). The summed E-state index contributed by atoms with van der Waals surface area (Å²) in [7, 11) is 0. The lowest BCUT2D eigenvalue weighted by atomic mass is 9.91. The van der Waals surface area contributed by atoms with Crippen molar-refractivity contribution in [3.05, 3.63) is 35.4 Å². The number of nitrogens with two attached hydrogens (primary N) is 1. The lowest BCUT2D eigenvalue weighted by Gasteiger charge is -2.39. The van der Waals surface area contributed by atoms with E-state index in [1.807, 2.05) is 0 Å². The Labute approximate surface area is 124 Å². The van der Waals surface area contributed by atoms with E-state index in [9.17, 15) is 0 Å². The molecule has 0 spiro atoms. The molecule has 20 heavy (non-hydrogen) atoms. The van der Waals surface area contributed by atoms with E-state index in [-0.39, 0.29) is 6.04 Å². The molecule has 0 radical (unpaired) electrons.